The lowest BCUT2D eigenvalue weighted by atomic mass is 10.1. The number of benzene rings is 1. The van der Waals surface area contributed by atoms with Gasteiger partial charge in [0.15, 0.2) is 6.23 Å². The number of aromatic carboxylic acids is 1. The number of halogens is 1. The van der Waals surface area contributed by atoms with E-state index in [1.165, 1.54) is 6.20 Å². The van der Waals surface area contributed by atoms with Crippen LogP contribution in [-0.2, 0) is 4.74 Å². The van der Waals surface area contributed by atoms with Crippen LogP contribution in [0.25, 0.3) is 0 Å². The highest BCUT2D eigenvalue weighted by Gasteiger charge is 2.22. The molecule has 1 aromatic carbocycles. The molecule has 0 aliphatic carbocycles. The number of anilines is 1. The number of hydrogen-bond donors (Lipinski definition) is 1. The largest absolute Gasteiger partial charge is 0.478 e. The molecular formula is C19H23BrN2O3. The molecule has 0 aliphatic rings. The fourth-order valence-corrected chi connectivity index (χ4v) is 2.86. The van der Waals surface area contributed by atoms with Crippen molar-refractivity contribution in [3.63, 3.8) is 0 Å². The van der Waals surface area contributed by atoms with Crippen molar-refractivity contribution < 1.29 is 14.6 Å². The topological polar surface area (TPSA) is 62.7 Å². The predicted molar refractivity (Wildman–Crippen MR) is 102 cm³/mol. The van der Waals surface area contributed by atoms with Gasteiger partial charge in [0, 0.05) is 22.8 Å². The van der Waals surface area contributed by atoms with Crippen molar-refractivity contribution in [3.05, 3.63) is 58.2 Å². The Bertz CT molecular complexity index is 704. The summed E-state index contributed by atoms with van der Waals surface area (Å²) < 4.78 is 7.16. The van der Waals surface area contributed by atoms with Gasteiger partial charge in [0.25, 0.3) is 0 Å². The molecular weight excluding hydrogens is 384 g/mol. The average Bonchev–Trinajstić information content (AvgIpc) is 2.58. The zero-order chi connectivity index (χ0) is 18.4. The summed E-state index contributed by atoms with van der Waals surface area (Å²) in [6.07, 6.45) is 1.08. The van der Waals surface area contributed by atoms with Crippen LogP contribution >= 0.6 is 15.9 Å². The van der Waals surface area contributed by atoms with E-state index in [0.717, 1.165) is 10.0 Å². The Kier molecular flexibility index (Phi) is 6.96. The summed E-state index contributed by atoms with van der Waals surface area (Å²) in [5, 5.41) is 9.05. The molecule has 25 heavy (non-hydrogen) atoms. The Morgan fingerprint density at radius 1 is 1.32 bits per heavy atom. The molecule has 0 fully saturated rings. The van der Waals surface area contributed by atoms with Gasteiger partial charge in [0.1, 0.15) is 5.82 Å². The Hall–Kier alpha value is -1.92. The summed E-state index contributed by atoms with van der Waals surface area (Å²) in [6, 6.07) is 11.3. The first-order valence-electron chi connectivity index (χ1n) is 8.25. The molecule has 0 aliphatic heterocycles. The maximum Gasteiger partial charge on any atom is 0.337 e. The molecule has 5 nitrogen and oxygen atoms in total. The fourth-order valence-electron chi connectivity index (χ4n) is 2.44. The summed E-state index contributed by atoms with van der Waals surface area (Å²) in [5.41, 5.74) is 1.18. The maximum absolute atomic E-state index is 11.0. The van der Waals surface area contributed by atoms with Crippen LogP contribution in [0.1, 0.15) is 42.9 Å². The van der Waals surface area contributed by atoms with Crippen molar-refractivity contribution >= 4 is 27.7 Å². The zero-order valence-electron chi connectivity index (χ0n) is 14.6. The molecule has 0 bridgehead atoms. The minimum atomic E-state index is -0.985. The van der Waals surface area contributed by atoms with Crippen molar-refractivity contribution in [2.24, 2.45) is 5.92 Å². The van der Waals surface area contributed by atoms with Gasteiger partial charge in [-0.25, -0.2) is 9.78 Å². The van der Waals surface area contributed by atoms with Gasteiger partial charge in [-0.3, -0.25) is 0 Å². The molecule has 1 N–H and O–H groups in total. The molecule has 1 aromatic heterocycles. The summed E-state index contributed by atoms with van der Waals surface area (Å²) in [6.45, 7) is 7.52. The third-order valence-corrected chi connectivity index (χ3v) is 4.13. The SMILES string of the molecule is CCN(c1ccc(C(=O)O)cn1)C(OCC(C)C)c1cccc(Br)c1. The van der Waals surface area contributed by atoms with E-state index in [9.17, 15) is 4.79 Å². The second kappa shape index (κ2) is 8.97. The number of nitrogens with zero attached hydrogens (tertiary/aromatic N) is 2. The molecule has 2 rings (SSSR count). The van der Waals surface area contributed by atoms with Gasteiger partial charge >= 0.3 is 5.97 Å². The van der Waals surface area contributed by atoms with Gasteiger partial charge in [-0.2, -0.15) is 0 Å². The minimum absolute atomic E-state index is 0.168. The Morgan fingerprint density at radius 2 is 2.08 bits per heavy atom. The van der Waals surface area contributed by atoms with E-state index in [4.69, 9.17) is 9.84 Å². The molecule has 0 saturated heterocycles. The van der Waals surface area contributed by atoms with E-state index in [2.05, 4.69) is 34.8 Å². The van der Waals surface area contributed by atoms with Crippen molar-refractivity contribution in [1.29, 1.82) is 0 Å². The number of ether oxygens (including phenoxy) is 1. The molecule has 0 saturated carbocycles. The van der Waals surface area contributed by atoms with Crippen molar-refractivity contribution in [2.75, 3.05) is 18.1 Å². The van der Waals surface area contributed by atoms with Crippen LogP contribution < -0.4 is 4.90 Å². The molecule has 1 unspecified atom stereocenters. The minimum Gasteiger partial charge on any atom is -0.478 e. The van der Waals surface area contributed by atoms with Gasteiger partial charge in [-0.05, 0) is 37.1 Å². The number of pyridine rings is 1. The van der Waals surface area contributed by atoms with Gasteiger partial charge < -0.3 is 14.7 Å². The molecule has 0 amide bonds. The Balaban J connectivity index is 2.36. The van der Waals surface area contributed by atoms with Gasteiger partial charge in [0.05, 0.1) is 12.2 Å². The standard InChI is InChI=1S/C19H23BrN2O3/c1-4-22(17-9-8-15(11-21-17)19(23)24)18(25-12-13(2)3)14-6-5-7-16(20)10-14/h5-11,13,18H,4,12H2,1-3H3,(H,23,24). The molecule has 0 radical (unpaired) electrons. The van der Waals surface area contributed by atoms with Gasteiger partial charge in [-0.1, -0.05) is 41.9 Å². The highest BCUT2D eigenvalue weighted by atomic mass is 79.9. The van der Waals surface area contributed by atoms with E-state index < -0.39 is 5.97 Å². The Morgan fingerprint density at radius 3 is 2.60 bits per heavy atom. The lowest BCUT2D eigenvalue weighted by Crippen LogP contribution is -2.32. The number of hydrogen-bond acceptors (Lipinski definition) is 4. The summed E-state index contributed by atoms with van der Waals surface area (Å²) in [5.74, 6) is 0.0960. The third-order valence-electron chi connectivity index (χ3n) is 3.63. The van der Waals surface area contributed by atoms with Crippen LogP contribution in [0.5, 0.6) is 0 Å². The number of aromatic nitrogens is 1. The van der Waals surface area contributed by atoms with Gasteiger partial charge in [0.2, 0.25) is 0 Å². The lowest BCUT2D eigenvalue weighted by molar-refractivity contribution is 0.0327. The summed E-state index contributed by atoms with van der Waals surface area (Å²) >= 11 is 3.51. The summed E-state index contributed by atoms with van der Waals surface area (Å²) in [4.78, 5) is 17.4. The van der Waals surface area contributed by atoms with E-state index in [-0.39, 0.29) is 11.8 Å². The van der Waals surface area contributed by atoms with Crippen molar-refractivity contribution in [2.45, 2.75) is 27.0 Å². The normalized spacial score (nSPS) is 12.2. The Labute approximate surface area is 156 Å². The molecule has 134 valence electrons. The van der Waals surface area contributed by atoms with Crippen LogP contribution in [-0.4, -0.2) is 29.2 Å². The maximum atomic E-state index is 11.0. The highest BCUT2D eigenvalue weighted by molar-refractivity contribution is 9.10. The molecule has 1 atom stereocenters. The molecule has 1 heterocycles. The highest BCUT2D eigenvalue weighted by Crippen LogP contribution is 2.29. The monoisotopic (exact) mass is 406 g/mol. The lowest BCUT2D eigenvalue weighted by Gasteiger charge is -2.32. The van der Waals surface area contributed by atoms with Crippen LogP contribution in [0, 0.1) is 5.92 Å². The number of carboxylic acids is 1. The smallest absolute Gasteiger partial charge is 0.337 e. The van der Waals surface area contributed by atoms with E-state index in [1.807, 2.05) is 36.1 Å². The van der Waals surface area contributed by atoms with Crippen LogP contribution in [0.15, 0.2) is 47.1 Å². The van der Waals surface area contributed by atoms with Crippen LogP contribution in [0.2, 0.25) is 0 Å². The van der Waals surface area contributed by atoms with Crippen LogP contribution in [0.3, 0.4) is 0 Å². The first-order valence-corrected chi connectivity index (χ1v) is 9.04. The number of carboxylic acid groups (broad SMARTS) is 1. The zero-order valence-corrected chi connectivity index (χ0v) is 16.2. The number of rotatable bonds is 8. The molecule has 6 heteroatoms. The number of carbonyl (C=O) groups is 1. The van der Waals surface area contributed by atoms with E-state index in [1.54, 1.807) is 12.1 Å². The quantitative estimate of drug-likeness (QED) is 0.641. The van der Waals surface area contributed by atoms with Gasteiger partial charge in [-0.15, -0.1) is 0 Å². The van der Waals surface area contributed by atoms with Crippen molar-refractivity contribution in [1.82, 2.24) is 4.98 Å². The second-order valence-corrected chi connectivity index (χ2v) is 7.05. The third kappa shape index (κ3) is 5.28. The fraction of sp³-hybridized carbons (Fsp3) is 0.368. The molecule has 0 spiro atoms. The predicted octanol–water partition coefficient (Wildman–Crippen LogP) is 4.74. The van der Waals surface area contributed by atoms with E-state index in [0.29, 0.717) is 24.9 Å². The second-order valence-electron chi connectivity index (χ2n) is 6.13. The van der Waals surface area contributed by atoms with Crippen LogP contribution in [0.4, 0.5) is 5.82 Å². The van der Waals surface area contributed by atoms with E-state index >= 15 is 0 Å². The summed E-state index contributed by atoms with van der Waals surface area (Å²) in [7, 11) is 0. The average molecular weight is 407 g/mol. The van der Waals surface area contributed by atoms with Crippen molar-refractivity contribution in [3.8, 4) is 0 Å². The first kappa shape index (κ1) is 19.4. The molecule has 2 aromatic rings. The first-order chi connectivity index (χ1) is 11.9.